The number of pyridine rings is 1. The molecule has 2 aliphatic rings. The fourth-order valence-electron chi connectivity index (χ4n) is 4.45. The third kappa shape index (κ3) is 10.6. The van der Waals surface area contributed by atoms with E-state index in [9.17, 15) is 31.1 Å². The van der Waals surface area contributed by atoms with Crippen LogP contribution in [-0.4, -0.2) is 94.1 Å². The second-order valence-electron chi connectivity index (χ2n) is 9.40. The van der Waals surface area contributed by atoms with Gasteiger partial charge in [-0.05, 0) is 51.8 Å². The summed E-state index contributed by atoms with van der Waals surface area (Å²) in [5.41, 5.74) is 0.911. The lowest BCUT2D eigenvalue weighted by Crippen LogP contribution is -2.42. The molecule has 222 valence electrons. The summed E-state index contributed by atoms with van der Waals surface area (Å²) >= 11 is 0. The maximum absolute atomic E-state index is 12.9. The molecule has 0 unspecified atom stereocenters. The van der Waals surface area contributed by atoms with Crippen LogP contribution in [0.1, 0.15) is 39.2 Å². The van der Waals surface area contributed by atoms with Gasteiger partial charge in [0.1, 0.15) is 0 Å². The topological polar surface area (TPSA) is 120 Å². The number of likely N-dealkylation sites (tertiary alicyclic amines) is 2. The van der Waals surface area contributed by atoms with Crippen LogP contribution in [0.25, 0.3) is 0 Å². The zero-order chi connectivity index (χ0) is 30.0. The number of esters is 1. The zero-order valence-electron chi connectivity index (χ0n) is 21.8. The molecule has 0 saturated carbocycles. The van der Waals surface area contributed by atoms with Crippen molar-refractivity contribution in [1.82, 2.24) is 14.8 Å². The van der Waals surface area contributed by atoms with Crippen LogP contribution in [0.15, 0.2) is 24.5 Å². The number of aliphatic carboxylic acids is 2. The van der Waals surface area contributed by atoms with Gasteiger partial charge in [-0.3, -0.25) is 19.6 Å². The first-order valence-electron chi connectivity index (χ1n) is 12.1. The summed E-state index contributed by atoms with van der Waals surface area (Å²) in [4.78, 5) is 39.9. The van der Waals surface area contributed by atoms with Crippen LogP contribution >= 0.6 is 0 Å². The lowest BCUT2D eigenvalue weighted by Gasteiger charge is -2.31. The number of hydrogen-bond donors (Lipinski definition) is 2. The molecule has 1 aromatic heterocycles. The van der Waals surface area contributed by atoms with Gasteiger partial charge >= 0.3 is 30.3 Å². The molecule has 2 N–H and O–H groups in total. The number of aromatic nitrogens is 1. The number of ether oxygens (including phenoxy) is 1. The number of rotatable bonds is 5. The van der Waals surface area contributed by atoms with E-state index in [1.807, 2.05) is 25.4 Å². The molecule has 2 fully saturated rings. The SMILES string of the molecule is CCOC(=O)[C@]12CCCN(Cc3cccnc3)C[C@H]1CN(C(C)C)C2.O=C(O)C(F)(F)F.O=C(O)C(F)(F)F. The molecule has 9 nitrogen and oxygen atoms in total. The Bertz CT molecular complexity index is 921. The number of nitrogens with zero attached hydrogens (tertiary/aromatic N) is 3. The van der Waals surface area contributed by atoms with Crippen LogP contribution in [0.5, 0.6) is 0 Å². The highest BCUT2D eigenvalue weighted by molar-refractivity contribution is 5.78. The molecular weight excluding hydrogens is 540 g/mol. The standard InChI is InChI=1S/C20H31N3O2.2C2HF3O2/c1-4-25-19(24)20-8-6-10-22(12-17-7-5-9-21-11-17)13-18(20)14-23(15-20)16(2)3;2*3-2(4,5)1(6)7/h5,7,9,11,16,18H,4,6,8,10,12-15H2,1-3H3;2*(H,6,7)/t18-,20-;;/m0../s1. The summed E-state index contributed by atoms with van der Waals surface area (Å²) in [6.45, 7) is 11.5. The third-order valence-electron chi connectivity index (χ3n) is 6.32. The number of carboxylic acid groups (broad SMARTS) is 2. The number of halogens is 6. The predicted octanol–water partition coefficient (Wildman–Crippen LogP) is 3.83. The van der Waals surface area contributed by atoms with E-state index in [1.54, 1.807) is 0 Å². The highest BCUT2D eigenvalue weighted by atomic mass is 19.4. The Kier molecular flexibility index (Phi) is 12.6. The molecule has 2 atom stereocenters. The van der Waals surface area contributed by atoms with E-state index in [1.165, 1.54) is 5.56 Å². The maximum Gasteiger partial charge on any atom is 0.490 e. The number of carboxylic acids is 2. The molecule has 2 saturated heterocycles. The molecule has 15 heteroatoms. The molecule has 1 aromatic rings. The number of carbonyl (C=O) groups is 3. The van der Waals surface area contributed by atoms with Gasteiger partial charge in [-0.1, -0.05) is 6.07 Å². The number of fused-ring (bicyclic) bond motifs is 1. The van der Waals surface area contributed by atoms with Crippen molar-refractivity contribution in [2.75, 3.05) is 32.8 Å². The Morgan fingerprint density at radius 2 is 1.67 bits per heavy atom. The molecule has 0 aliphatic carbocycles. The molecule has 0 amide bonds. The Hall–Kier alpha value is -2.94. The van der Waals surface area contributed by atoms with Crippen molar-refractivity contribution >= 4 is 17.9 Å². The quantitative estimate of drug-likeness (QED) is 0.400. The first kappa shape index (κ1) is 34.1. The fourth-order valence-corrected chi connectivity index (χ4v) is 4.45. The summed E-state index contributed by atoms with van der Waals surface area (Å²) in [6, 6.07) is 4.59. The van der Waals surface area contributed by atoms with Gasteiger partial charge in [-0.2, -0.15) is 26.3 Å². The Morgan fingerprint density at radius 3 is 2.10 bits per heavy atom. The van der Waals surface area contributed by atoms with E-state index in [0.717, 1.165) is 45.6 Å². The number of carbonyl (C=O) groups excluding carboxylic acids is 1. The molecule has 0 aromatic carbocycles. The highest BCUT2D eigenvalue weighted by Gasteiger charge is 2.54. The van der Waals surface area contributed by atoms with Crippen LogP contribution in [0, 0.1) is 11.3 Å². The third-order valence-corrected chi connectivity index (χ3v) is 6.32. The van der Waals surface area contributed by atoms with Gasteiger partial charge in [0.2, 0.25) is 0 Å². The lowest BCUT2D eigenvalue weighted by atomic mass is 9.75. The summed E-state index contributed by atoms with van der Waals surface area (Å²) in [5, 5.41) is 14.2. The van der Waals surface area contributed by atoms with Gasteiger partial charge in [0.25, 0.3) is 0 Å². The summed E-state index contributed by atoms with van der Waals surface area (Å²) < 4.78 is 69.0. The number of alkyl halides is 6. The van der Waals surface area contributed by atoms with E-state index >= 15 is 0 Å². The van der Waals surface area contributed by atoms with Crippen LogP contribution < -0.4 is 0 Å². The lowest BCUT2D eigenvalue weighted by molar-refractivity contribution is -0.193. The Morgan fingerprint density at radius 1 is 1.10 bits per heavy atom. The summed E-state index contributed by atoms with van der Waals surface area (Å²) in [5.74, 6) is -5.15. The van der Waals surface area contributed by atoms with Gasteiger partial charge in [0.15, 0.2) is 0 Å². The maximum atomic E-state index is 12.9. The first-order valence-corrected chi connectivity index (χ1v) is 12.1. The Labute approximate surface area is 221 Å². The van der Waals surface area contributed by atoms with Crippen molar-refractivity contribution in [2.24, 2.45) is 11.3 Å². The molecule has 0 bridgehead atoms. The van der Waals surface area contributed by atoms with Gasteiger partial charge in [0.05, 0.1) is 12.0 Å². The minimum absolute atomic E-state index is 0.0198. The van der Waals surface area contributed by atoms with Crippen molar-refractivity contribution in [3.8, 4) is 0 Å². The van der Waals surface area contributed by atoms with Crippen molar-refractivity contribution in [3.05, 3.63) is 30.1 Å². The van der Waals surface area contributed by atoms with Crippen LogP contribution in [0.2, 0.25) is 0 Å². The van der Waals surface area contributed by atoms with E-state index in [2.05, 4.69) is 34.7 Å². The zero-order valence-corrected chi connectivity index (χ0v) is 21.8. The second-order valence-corrected chi connectivity index (χ2v) is 9.40. The van der Waals surface area contributed by atoms with E-state index in [0.29, 0.717) is 18.6 Å². The molecule has 39 heavy (non-hydrogen) atoms. The largest absolute Gasteiger partial charge is 0.490 e. The monoisotopic (exact) mass is 573 g/mol. The van der Waals surface area contributed by atoms with E-state index in [4.69, 9.17) is 24.5 Å². The average molecular weight is 574 g/mol. The van der Waals surface area contributed by atoms with E-state index in [-0.39, 0.29) is 11.4 Å². The van der Waals surface area contributed by atoms with Gasteiger partial charge in [0, 0.05) is 50.5 Å². The van der Waals surface area contributed by atoms with Crippen LogP contribution in [0.3, 0.4) is 0 Å². The van der Waals surface area contributed by atoms with Crippen molar-refractivity contribution in [2.45, 2.75) is 58.6 Å². The van der Waals surface area contributed by atoms with E-state index < -0.39 is 24.3 Å². The normalized spacial score (nSPS) is 21.9. The average Bonchev–Trinajstić information content (AvgIpc) is 3.10. The molecule has 3 heterocycles. The van der Waals surface area contributed by atoms with Crippen LogP contribution in [-0.2, 0) is 25.7 Å². The molecule has 3 rings (SSSR count). The highest BCUT2D eigenvalue weighted by Crippen LogP contribution is 2.44. The van der Waals surface area contributed by atoms with Crippen molar-refractivity contribution < 1.29 is 55.7 Å². The fraction of sp³-hybridized carbons (Fsp3) is 0.667. The molecular formula is C24H33F6N3O6. The van der Waals surface area contributed by atoms with Crippen molar-refractivity contribution in [3.63, 3.8) is 0 Å². The Balaban J connectivity index is 0.000000449. The van der Waals surface area contributed by atoms with Crippen LogP contribution in [0.4, 0.5) is 26.3 Å². The van der Waals surface area contributed by atoms with Gasteiger partial charge < -0.3 is 14.9 Å². The van der Waals surface area contributed by atoms with Crippen molar-refractivity contribution in [1.29, 1.82) is 0 Å². The minimum atomic E-state index is -5.08. The second kappa shape index (κ2) is 14.4. The molecule has 0 spiro atoms. The number of hydrogen-bond acceptors (Lipinski definition) is 7. The first-order chi connectivity index (χ1) is 17.9. The summed E-state index contributed by atoms with van der Waals surface area (Å²) in [6.07, 6.45) is -4.43. The van der Waals surface area contributed by atoms with Gasteiger partial charge in [-0.25, -0.2) is 9.59 Å². The smallest absolute Gasteiger partial charge is 0.475 e. The summed E-state index contributed by atoms with van der Waals surface area (Å²) in [7, 11) is 0. The van der Waals surface area contributed by atoms with Gasteiger partial charge in [-0.15, -0.1) is 0 Å². The minimum Gasteiger partial charge on any atom is -0.475 e. The molecule has 0 radical (unpaired) electrons. The molecule has 2 aliphatic heterocycles. The predicted molar refractivity (Wildman–Crippen MR) is 125 cm³/mol.